The third-order valence-corrected chi connectivity index (χ3v) is 3.98. The number of allylic oxidation sites excluding steroid dienone is 1. The number of Topliss-reactive ketones (excluding diaryl/α,β-unsaturated/α-hetero) is 1. The van der Waals surface area contributed by atoms with Crippen molar-refractivity contribution in [3.63, 3.8) is 0 Å². The quantitative estimate of drug-likeness (QED) is 0.382. The number of rotatable bonds is 7. The summed E-state index contributed by atoms with van der Waals surface area (Å²) in [6.07, 6.45) is 3.49. The summed E-state index contributed by atoms with van der Waals surface area (Å²) in [6, 6.07) is 3.12. The second kappa shape index (κ2) is 14.0. The van der Waals surface area contributed by atoms with E-state index in [4.69, 9.17) is 0 Å². The van der Waals surface area contributed by atoms with Gasteiger partial charge in [-0.15, -0.1) is 6.58 Å². The van der Waals surface area contributed by atoms with Crippen LogP contribution < -0.4 is 10.6 Å². The Labute approximate surface area is 187 Å². The van der Waals surface area contributed by atoms with Crippen molar-refractivity contribution in [2.24, 2.45) is 0 Å². The number of ketones is 1. The Balaban J connectivity index is 0.00000144. The van der Waals surface area contributed by atoms with Crippen molar-refractivity contribution in [2.45, 2.75) is 47.1 Å². The summed E-state index contributed by atoms with van der Waals surface area (Å²) in [6.45, 7) is 14.5. The Morgan fingerprint density at radius 3 is 2.22 bits per heavy atom. The van der Waals surface area contributed by atoms with Gasteiger partial charge in [-0.25, -0.2) is 13.2 Å². The highest BCUT2D eigenvalue weighted by Crippen LogP contribution is 2.21. The van der Waals surface area contributed by atoms with Gasteiger partial charge in [0.1, 0.15) is 17.2 Å². The van der Waals surface area contributed by atoms with E-state index in [1.165, 1.54) is 6.08 Å². The first kappa shape index (κ1) is 28.8. The van der Waals surface area contributed by atoms with E-state index in [1.807, 2.05) is 27.7 Å². The molecule has 32 heavy (non-hydrogen) atoms. The first-order valence-electron chi connectivity index (χ1n) is 10.0. The van der Waals surface area contributed by atoms with Crippen molar-refractivity contribution >= 4 is 17.4 Å². The normalized spacial score (nSPS) is 10.5. The summed E-state index contributed by atoms with van der Waals surface area (Å²) >= 11 is 0. The lowest BCUT2D eigenvalue weighted by atomic mass is 10.1. The number of carbonyl (C=O) groups excluding carboxylic acids is 2. The van der Waals surface area contributed by atoms with Crippen LogP contribution in [0.15, 0.2) is 43.3 Å². The molecule has 0 saturated heterocycles. The first-order chi connectivity index (χ1) is 15.1. The highest BCUT2D eigenvalue weighted by molar-refractivity contribution is 6.09. The molecule has 0 fully saturated rings. The number of H-pyrrole nitrogens is 1. The highest BCUT2D eigenvalue weighted by atomic mass is 19.1. The molecule has 2 aromatic rings. The molecule has 6 nitrogen and oxygen atoms in total. The standard InChI is InChI=1S/C18H20F2N4O2.C3H5F.C2H6/c1-5-18(3,4)21-9-13(25)16-15(10(2)23-24-16)22-17(26)14-11(19)7-6-8-12(14)20;1-2-3-4;1-2/h5-8,21H,1,9H2,2-4H3,(H,22,26)(H,23,24);2-3H,1H3;1-2H3/b;3-2+;. The van der Waals surface area contributed by atoms with Gasteiger partial charge in [0.25, 0.3) is 5.91 Å². The van der Waals surface area contributed by atoms with Gasteiger partial charge in [0.15, 0.2) is 11.5 Å². The van der Waals surface area contributed by atoms with Gasteiger partial charge in [-0.05, 0) is 39.8 Å². The van der Waals surface area contributed by atoms with Gasteiger partial charge >= 0.3 is 0 Å². The molecular weight excluding hydrogens is 421 g/mol. The second-order valence-corrected chi connectivity index (χ2v) is 6.78. The number of hydrogen-bond acceptors (Lipinski definition) is 4. The van der Waals surface area contributed by atoms with Crippen LogP contribution in [-0.4, -0.2) is 34.0 Å². The van der Waals surface area contributed by atoms with E-state index in [1.54, 1.807) is 19.9 Å². The molecule has 1 heterocycles. The molecule has 2 rings (SSSR count). The minimum absolute atomic E-state index is 0.0278. The largest absolute Gasteiger partial charge is 0.318 e. The third-order valence-electron chi connectivity index (χ3n) is 3.98. The number of nitrogens with one attached hydrogen (secondary N) is 3. The number of nitrogens with zero attached hydrogens (tertiary/aromatic N) is 1. The molecule has 9 heteroatoms. The number of amides is 1. The molecule has 1 amide bonds. The second-order valence-electron chi connectivity index (χ2n) is 6.78. The van der Waals surface area contributed by atoms with Gasteiger partial charge in [-0.2, -0.15) is 5.10 Å². The Kier molecular flexibility index (Phi) is 12.6. The van der Waals surface area contributed by atoms with E-state index in [0.29, 0.717) is 12.0 Å². The van der Waals surface area contributed by atoms with Gasteiger partial charge < -0.3 is 10.6 Å². The zero-order chi connectivity index (χ0) is 24.9. The predicted molar refractivity (Wildman–Crippen MR) is 122 cm³/mol. The smallest absolute Gasteiger partial charge is 0.261 e. The highest BCUT2D eigenvalue weighted by Gasteiger charge is 2.24. The lowest BCUT2D eigenvalue weighted by molar-refractivity contribution is 0.0980. The van der Waals surface area contributed by atoms with E-state index in [9.17, 15) is 22.8 Å². The Bertz CT molecular complexity index is 913. The molecular formula is C23H31F3N4O2. The molecule has 0 aliphatic heterocycles. The third kappa shape index (κ3) is 8.50. The monoisotopic (exact) mass is 452 g/mol. The molecule has 3 N–H and O–H groups in total. The Hall–Kier alpha value is -3.20. The minimum Gasteiger partial charge on any atom is -0.318 e. The molecule has 0 unspecified atom stereocenters. The van der Waals surface area contributed by atoms with E-state index in [-0.39, 0.29) is 17.9 Å². The molecule has 176 valence electrons. The first-order valence-corrected chi connectivity index (χ1v) is 10.0. The van der Waals surface area contributed by atoms with Crippen LogP contribution in [0, 0.1) is 18.6 Å². The maximum absolute atomic E-state index is 13.8. The maximum atomic E-state index is 13.8. The topological polar surface area (TPSA) is 86.9 Å². The summed E-state index contributed by atoms with van der Waals surface area (Å²) < 4.78 is 38.1. The van der Waals surface area contributed by atoms with Gasteiger partial charge in [0, 0.05) is 5.54 Å². The predicted octanol–water partition coefficient (Wildman–Crippen LogP) is 5.50. The van der Waals surface area contributed by atoms with E-state index in [0.717, 1.165) is 18.2 Å². The molecule has 0 aliphatic rings. The number of aromatic amines is 1. The molecule has 0 bridgehead atoms. The minimum atomic E-state index is -1.00. The van der Waals surface area contributed by atoms with Crippen molar-refractivity contribution in [2.75, 3.05) is 11.9 Å². The van der Waals surface area contributed by atoms with Crippen LogP contribution in [0.1, 0.15) is 61.2 Å². The zero-order valence-electron chi connectivity index (χ0n) is 19.3. The number of hydrogen-bond donors (Lipinski definition) is 3. The van der Waals surface area contributed by atoms with Gasteiger partial charge in [0.2, 0.25) is 0 Å². The van der Waals surface area contributed by atoms with Crippen LogP contribution in [0.4, 0.5) is 18.9 Å². The average Bonchev–Trinajstić information content (AvgIpc) is 3.13. The maximum Gasteiger partial charge on any atom is 0.261 e. The van der Waals surface area contributed by atoms with Crippen molar-refractivity contribution in [3.8, 4) is 0 Å². The number of aryl methyl sites for hydroxylation is 1. The molecule has 0 aliphatic carbocycles. The van der Waals surface area contributed by atoms with Gasteiger partial charge in [-0.1, -0.05) is 32.1 Å². The summed E-state index contributed by atoms with van der Waals surface area (Å²) in [5.74, 6) is -3.39. The Morgan fingerprint density at radius 2 is 1.75 bits per heavy atom. The van der Waals surface area contributed by atoms with E-state index < -0.39 is 34.4 Å². The Morgan fingerprint density at radius 1 is 1.22 bits per heavy atom. The van der Waals surface area contributed by atoms with Crippen molar-refractivity contribution in [3.05, 3.63) is 71.8 Å². The van der Waals surface area contributed by atoms with Crippen LogP contribution in [0.5, 0.6) is 0 Å². The van der Waals surface area contributed by atoms with Crippen molar-refractivity contribution in [1.29, 1.82) is 0 Å². The number of aromatic nitrogens is 2. The van der Waals surface area contributed by atoms with Crippen molar-refractivity contribution < 1.29 is 22.8 Å². The van der Waals surface area contributed by atoms with Gasteiger partial charge in [-0.3, -0.25) is 14.7 Å². The summed E-state index contributed by atoms with van der Waals surface area (Å²) in [7, 11) is 0. The SMILES string of the molecule is C/C=C/F.C=CC(C)(C)NCC(=O)c1n[nH]c(C)c1NC(=O)c1c(F)cccc1F.CC. The van der Waals surface area contributed by atoms with Crippen molar-refractivity contribution in [1.82, 2.24) is 15.5 Å². The number of benzene rings is 1. The van der Waals surface area contributed by atoms with E-state index in [2.05, 4.69) is 27.4 Å². The molecule has 0 radical (unpaired) electrons. The van der Waals surface area contributed by atoms with E-state index >= 15 is 0 Å². The lowest BCUT2D eigenvalue weighted by Gasteiger charge is -2.21. The van der Waals surface area contributed by atoms with Crippen LogP contribution in [0.25, 0.3) is 0 Å². The fraction of sp³-hybridized carbons (Fsp3) is 0.348. The lowest BCUT2D eigenvalue weighted by Crippen LogP contribution is -2.40. The fourth-order valence-corrected chi connectivity index (χ4v) is 2.14. The number of halogens is 3. The summed E-state index contributed by atoms with van der Waals surface area (Å²) in [5.41, 5.74) is -0.750. The average molecular weight is 453 g/mol. The van der Waals surface area contributed by atoms with Crippen LogP contribution >= 0.6 is 0 Å². The molecule has 0 spiro atoms. The molecule has 1 aromatic carbocycles. The summed E-state index contributed by atoms with van der Waals surface area (Å²) in [5, 5.41) is 11.8. The molecule has 0 saturated carbocycles. The fourth-order valence-electron chi connectivity index (χ4n) is 2.14. The van der Waals surface area contributed by atoms with Crippen LogP contribution in [-0.2, 0) is 0 Å². The van der Waals surface area contributed by atoms with Crippen LogP contribution in [0.3, 0.4) is 0 Å². The summed E-state index contributed by atoms with van der Waals surface area (Å²) in [4.78, 5) is 24.7. The molecule has 1 aromatic heterocycles. The number of carbonyl (C=O) groups is 2. The molecule has 0 atom stereocenters. The zero-order valence-corrected chi connectivity index (χ0v) is 19.3. The number of anilines is 1. The van der Waals surface area contributed by atoms with Crippen LogP contribution in [0.2, 0.25) is 0 Å². The van der Waals surface area contributed by atoms with Gasteiger partial charge in [0.05, 0.1) is 24.3 Å².